The van der Waals surface area contributed by atoms with Crippen LogP contribution in [-0.2, 0) is 17.8 Å². The third-order valence-corrected chi connectivity index (χ3v) is 3.98. The molecular formula is C22H28N2O4. The standard InChI is InChI=1S/C22H28N2O4/c1-22(2,3)28-21(26)23-14-16-10-12-17(13-11-16)20(25)24(4)15-18-8-6-7-9-19(18)27-5/h6-13H,14-15H2,1-5H3,(H,23,26). The number of alkyl carbamates (subject to hydrolysis) is 1. The summed E-state index contributed by atoms with van der Waals surface area (Å²) >= 11 is 0. The summed E-state index contributed by atoms with van der Waals surface area (Å²) in [5.41, 5.74) is 1.87. The van der Waals surface area contributed by atoms with Gasteiger partial charge in [0.15, 0.2) is 0 Å². The van der Waals surface area contributed by atoms with E-state index in [-0.39, 0.29) is 5.91 Å². The van der Waals surface area contributed by atoms with Crippen LogP contribution in [0.15, 0.2) is 48.5 Å². The number of para-hydroxylation sites is 1. The molecule has 0 saturated carbocycles. The largest absolute Gasteiger partial charge is 0.496 e. The molecule has 2 amide bonds. The summed E-state index contributed by atoms with van der Waals surface area (Å²) in [7, 11) is 3.37. The molecular weight excluding hydrogens is 356 g/mol. The summed E-state index contributed by atoms with van der Waals surface area (Å²) in [6.07, 6.45) is -0.468. The lowest BCUT2D eigenvalue weighted by molar-refractivity contribution is 0.0523. The molecule has 0 aromatic heterocycles. The summed E-state index contributed by atoms with van der Waals surface area (Å²) in [5.74, 6) is 0.670. The fraction of sp³-hybridized carbons (Fsp3) is 0.364. The second kappa shape index (κ2) is 9.26. The third kappa shape index (κ3) is 6.30. The Morgan fingerprint density at radius 2 is 1.68 bits per heavy atom. The number of benzene rings is 2. The zero-order chi connectivity index (χ0) is 20.7. The lowest BCUT2D eigenvalue weighted by Gasteiger charge is -2.20. The van der Waals surface area contributed by atoms with Crippen LogP contribution in [0.25, 0.3) is 0 Å². The highest BCUT2D eigenvalue weighted by molar-refractivity contribution is 5.94. The van der Waals surface area contributed by atoms with Crippen molar-refractivity contribution in [3.05, 3.63) is 65.2 Å². The number of hydrogen-bond acceptors (Lipinski definition) is 4. The van der Waals surface area contributed by atoms with E-state index in [1.165, 1.54) is 0 Å². The first-order valence-electron chi connectivity index (χ1n) is 9.13. The molecule has 0 aliphatic heterocycles. The van der Waals surface area contributed by atoms with Gasteiger partial charge in [-0.3, -0.25) is 4.79 Å². The molecule has 0 aliphatic carbocycles. The monoisotopic (exact) mass is 384 g/mol. The van der Waals surface area contributed by atoms with Crippen molar-refractivity contribution in [3.8, 4) is 5.75 Å². The van der Waals surface area contributed by atoms with Crippen LogP contribution in [-0.4, -0.2) is 36.7 Å². The summed E-state index contributed by atoms with van der Waals surface area (Å²) in [5, 5.41) is 2.70. The zero-order valence-corrected chi connectivity index (χ0v) is 17.1. The van der Waals surface area contributed by atoms with Crippen LogP contribution in [0.5, 0.6) is 5.75 Å². The van der Waals surface area contributed by atoms with Crippen LogP contribution >= 0.6 is 0 Å². The van der Waals surface area contributed by atoms with Crippen molar-refractivity contribution in [2.45, 2.75) is 39.5 Å². The predicted octanol–water partition coefficient (Wildman–Crippen LogP) is 3.99. The minimum atomic E-state index is -0.535. The zero-order valence-electron chi connectivity index (χ0n) is 17.1. The molecule has 0 heterocycles. The van der Waals surface area contributed by atoms with E-state index in [4.69, 9.17) is 9.47 Å². The Kier molecular flexibility index (Phi) is 7.04. The van der Waals surface area contributed by atoms with Crippen molar-refractivity contribution < 1.29 is 19.1 Å². The van der Waals surface area contributed by atoms with Gasteiger partial charge in [-0.15, -0.1) is 0 Å². The molecule has 1 N–H and O–H groups in total. The number of methoxy groups -OCH3 is 1. The number of ether oxygens (including phenoxy) is 2. The van der Waals surface area contributed by atoms with Gasteiger partial charge in [-0.2, -0.15) is 0 Å². The number of rotatable bonds is 6. The summed E-state index contributed by atoms with van der Waals surface area (Å²) < 4.78 is 10.5. The molecule has 150 valence electrons. The quantitative estimate of drug-likeness (QED) is 0.818. The maximum Gasteiger partial charge on any atom is 0.407 e. The van der Waals surface area contributed by atoms with Crippen LogP contribution in [0, 0.1) is 0 Å². The van der Waals surface area contributed by atoms with E-state index < -0.39 is 11.7 Å². The van der Waals surface area contributed by atoms with E-state index in [1.807, 2.05) is 57.2 Å². The molecule has 0 radical (unpaired) electrons. The first kappa shape index (κ1) is 21.3. The summed E-state index contributed by atoms with van der Waals surface area (Å²) in [4.78, 5) is 26.0. The van der Waals surface area contributed by atoms with Gasteiger partial charge in [0.1, 0.15) is 11.4 Å². The fourth-order valence-corrected chi connectivity index (χ4v) is 2.63. The van der Waals surface area contributed by atoms with Crippen LogP contribution in [0.3, 0.4) is 0 Å². The van der Waals surface area contributed by atoms with E-state index in [1.54, 1.807) is 31.2 Å². The van der Waals surface area contributed by atoms with E-state index in [9.17, 15) is 9.59 Å². The number of carbonyl (C=O) groups is 2. The predicted molar refractivity (Wildman–Crippen MR) is 108 cm³/mol. The molecule has 2 rings (SSSR count). The molecule has 0 atom stereocenters. The van der Waals surface area contributed by atoms with Crippen molar-refractivity contribution in [2.75, 3.05) is 14.2 Å². The molecule has 2 aromatic rings. The molecule has 0 unspecified atom stereocenters. The van der Waals surface area contributed by atoms with Crippen molar-refractivity contribution in [2.24, 2.45) is 0 Å². The Morgan fingerprint density at radius 3 is 2.29 bits per heavy atom. The second-order valence-electron chi connectivity index (χ2n) is 7.53. The van der Waals surface area contributed by atoms with Crippen LogP contribution in [0.4, 0.5) is 4.79 Å². The Balaban J connectivity index is 1.94. The number of nitrogens with one attached hydrogen (secondary N) is 1. The number of carbonyl (C=O) groups excluding carboxylic acids is 2. The first-order valence-corrected chi connectivity index (χ1v) is 9.13. The minimum Gasteiger partial charge on any atom is -0.496 e. The molecule has 28 heavy (non-hydrogen) atoms. The van der Waals surface area contributed by atoms with E-state index in [0.717, 1.165) is 16.9 Å². The molecule has 0 fully saturated rings. The molecule has 6 nitrogen and oxygen atoms in total. The normalized spacial score (nSPS) is 10.9. The molecule has 6 heteroatoms. The number of amides is 2. The van der Waals surface area contributed by atoms with Crippen LogP contribution < -0.4 is 10.1 Å². The maximum absolute atomic E-state index is 12.7. The fourth-order valence-electron chi connectivity index (χ4n) is 2.63. The topological polar surface area (TPSA) is 67.9 Å². The van der Waals surface area contributed by atoms with Crippen molar-refractivity contribution in [3.63, 3.8) is 0 Å². The summed E-state index contributed by atoms with van der Waals surface area (Å²) in [6, 6.07) is 14.8. The Bertz CT molecular complexity index is 810. The summed E-state index contributed by atoms with van der Waals surface area (Å²) in [6.45, 7) is 6.22. The van der Waals surface area contributed by atoms with Crippen molar-refractivity contribution >= 4 is 12.0 Å². The smallest absolute Gasteiger partial charge is 0.407 e. The molecule has 0 bridgehead atoms. The maximum atomic E-state index is 12.7. The van der Waals surface area contributed by atoms with Gasteiger partial charge in [0.05, 0.1) is 7.11 Å². The van der Waals surface area contributed by atoms with Crippen LogP contribution in [0.2, 0.25) is 0 Å². The average molecular weight is 384 g/mol. The SMILES string of the molecule is COc1ccccc1CN(C)C(=O)c1ccc(CNC(=O)OC(C)(C)C)cc1. The Hall–Kier alpha value is -3.02. The van der Waals surface area contributed by atoms with Gasteiger partial charge in [0.25, 0.3) is 5.91 Å². The third-order valence-electron chi connectivity index (χ3n) is 3.98. The van der Waals surface area contributed by atoms with Gasteiger partial charge in [-0.05, 0) is 44.5 Å². The van der Waals surface area contributed by atoms with Gasteiger partial charge in [-0.1, -0.05) is 30.3 Å². The molecule has 0 spiro atoms. The second-order valence-corrected chi connectivity index (χ2v) is 7.53. The van der Waals surface area contributed by atoms with Crippen molar-refractivity contribution in [1.82, 2.24) is 10.2 Å². The number of nitrogens with zero attached hydrogens (tertiary/aromatic N) is 1. The van der Waals surface area contributed by atoms with Gasteiger partial charge in [0, 0.05) is 31.3 Å². The number of hydrogen-bond donors (Lipinski definition) is 1. The first-order chi connectivity index (χ1) is 13.2. The van der Waals surface area contributed by atoms with Crippen molar-refractivity contribution in [1.29, 1.82) is 0 Å². The van der Waals surface area contributed by atoms with Gasteiger partial charge in [-0.25, -0.2) is 4.79 Å². The lowest BCUT2D eigenvalue weighted by atomic mass is 10.1. The van der Waals surface area contributed by atoms with E-state index >= 15 is 0 Å². The van der Waals surface area contributed by atoms with E-state index in [2.05, 4.69) is 5.32 Å². The van der Waals surface area contributed by atoms with Crippen LogP contribution in [0.1, 0.15) is 42.3 Å². The highest BCUT2D eigenvalue weighted by Gasteiger charge is 2.16. The molecule has 2 aromatic carbocycles. The Morgan fingerprint density at radius 1 is 1.04 bits per heavy atom. The van der Waals surface area contributed by atoms with Gasteiger partial charge < -0.3 is 19.7 Å². The minimum absolute atomic E-state index is 0.0856. The lowest BCUT2D eigenvalue weighted by Crippen LogP contribution is -2.32. The average Bonchev–Trinajstić information content (AvgIpc) is 2.65. The molecule has 0 saturated heterocycles. The highest BCUT2D eigenvalue weighted by atomic mass is 16.6. The van der Waals surface area contributed by atoms with E-state index in [0.29, 0.717) is 18.7 Å². The van der Waals surface area contributed by atoms with Gasteiger partial charge >= 0.3 is 6.09 Å². The van der Waals surface area contributed by atoms with Gasteiger partial charge in [0.2, 0.25) is 0 Å². The molecule has 0 aliphatic rings. The highest BCUT2D eigenvalue weighted by Crippen LogP contribution is 2.19. The Labute approximate surface area is 166 Å².